The Morgan fingerprint density at radius 2 is 1.65 bits per heavy atom. The maximum absolute atomic E-state index is 13.0. The number of amides is 1. The molecule has 2 N–H and O–H groups in total. The summed E-state index contributed by atoms with van der Waals surface area (Å²) in [6, 6.07) is 21.6. The minimum Gasteiger partial charge on any atom is -0.346 e. The number of benzene rings is 3. The fraction of sp³-hybridized carbons (Fsp3) is 0.167. The summed E-state index contributed by atoms with van der Waals surface area (Å²) in [4.78, 5) is 20.6. The molecule has 4 aromatic rings. The van der Waals surface area contributed by atoms with Crippen molar-refractivity contribution in [3.05, 3.63) is 101 Å². The molecule has 0 saturated carbocycles. The summed E-state index contributed by atoms with van der Waals surface area (Å²) < 4.78 is 38.9. The van der Waals surface area contributed by atoms with Gasteiger partial charge in [-0.3, -0.25) is 4.79 Å². The van der Waals surface area contributed by atoms with E-state index >= 15 is 0 Å². The van der Waals surface area contributed by atoms with Crippen LogP contribution in [-0.4, -0.2) is 15.9 Å². The van der Waals surface area contributed by atoms with Crippen LogP contribution in [0.4, 0.5) is 13.2 Å². The number of H-pyrrole nitrogens is 1. The first-order chi connectivity index (χ1) is 14.9. The molecule has 1 amide bonds. The van der Waals surface area contributed by atoms with E-state index in [1.54, 1.807) is 0 Å². The molecule has 0 aliphatic heterocycles. The van der Waals surface area contributed by atoms with Gasteiger partial charge in [0.1, 0.15) is 5.82 Å². The Hall–Kier alpha value is -3.61. The molecule has 1 heterocycles. The number of para-hydroxylation sites is 2. The number of alkyl halides is 3. The van der Waals surface area contributed by atoms with Crippen molar-refractivity contribution in [3.63, 3.8) is 0 Å². The number of imidazole rings is 1. The predicted molar refractivity (Wildman–Crippen MR) is 112 cm³/mol. The lowest BCUT2D eigenvalue weighted by Crippen LogP contribution is -2.32. The number of rotatable bonds is 6. The van der Waals surface area contributed by atoms with Crippen molar-refractivity contribution in [2.24, 2.45) is 0 Å². The van der Waals surface area contributed by atoms with E-state index in [1.165, 1.54) is 12.1 Å². The second-order valence-corrected chi connectivity index (χ2v) is 7.32. The third-order valence-electron chi connectivity index (χ3n) is 4.97. The number of carbonyl (C=O) groups is 1. The summed E-state index contributed by atoms with van der Waals surface area (Å²) in [6.45, 7) is 0. The smallest absolute Gasteiger partial charge is 0.346 e. The van der Waals surface area contributed by atoms with Gasteiger partial charge in [0.15, 0.2) is 0 Å². The van der Waals surface area contributed by atoms with Crippen LogP contribution < -0.4 is 5.32 Å². The predicted octanol–water partition coefficient (Wildman–Crippen LogP) is 5.22. The Kier molecular flexibility index (Phi) is 5.75. The standard InChI is InChI=1S/C24H20F3N3O/c25-24(26,27)18-10-6-9-17(13-18)15-22(31)28-21(14-16-7-2-1-3-8-16)23-29-19-11-4-5-12-20(19)30-23/h1-13,21H,14-15H2,(H,28,31)(H,29,30)/t21-/m0/s1. The fourth-order valence-electron chi connectivity index (χ4n) is 3.49. The molecule has 4 rings (SSSR count). The molecule has 1 atom stereocenters. The van der Waals surface area contributed by atoms with Crippen LogP contribution in [0.5, 0.6) is 0 Å². The van der Waals surface area contributed by atoms with Crippen molar-refractivity contribution >= 4 is 16.9 Å². The maximum atomic E-state index is 13.0. The summed E-state index contributed by atoms with van der Waals surface area (Å²) in [6.07, 6.45) is -4.11. The Labute approximate surface area is 177 Å². The normalized spacial score (nSPS) is 12.6. The fourth-order valence-corrected chi connectivity index (χ4v) is 3.49. The van der Waals surface area contributed by atoms with Gasteiger partial charge >= 0.3 is 6.18 Å². The number of nitrogens with zero attached hydrogens (tertiary/aromatic N) is 1. The second kappa shape index (κ2) is 8.63. The van der Waals surface area contributed by atoms with Gasteiger partial charge in [0.25, 0.3) is 0 Å². The van der Waals surface area contributed by atoms with Crippen molar-refractivity contribution in [1.29, 1.82) is 0 Å². The zero-order chi connectivity index (χ0) is 21.8. The minimum atomic E-state index is -4.45. The average Bonchev–Trinajstić information content (AvgIpc) is 3.18. The van der Waals surface area contributed by atoms with Crippen molar-refractivity contribution in [2.75, 3.05) is 0 Å². The van der Waals surface area contributed by atoms with Gasteiger partial charge < -0.3 is 10.3 Å². The topological polar surface area (TPSA) is 57.8 Å². The number of hydrogen-bond donors (Lipinski definition) is 2. The van der Waals surface area contributed by atoms with E-state index in [4.69, 9.17) is 0 Å². The van der Waals surface area contributed by atoms with Crippen LogP contribution in [0.15, 0.2) is 78.9 Å². The largest absolute Gasteiger partial charge is 0.416 e. The van der Waals surface area contributed by atoms with Crippen LogP contribution in [0.3, 0.4) is 0 Å². The van der Waals surface area contributed by atoms with E-state index in [1.807, 2.05) is 54.6 Å². The lowest BCUT2D eigenvalue weighted by Gasteiger charge is -2.17. The van der Waals surface area contributed by atoms with Crippen LogP contribution in [0.25, 0.3) is 11.0 Å². The number of aromatic nitrogens is 2. The Bertz CT molecular complexity index is 1150. The second-order valence-electron chi connectivity index (χ2n) is 7.32. The Morgan fingerprint density at radius 3 is 2.39 bits per heavy atom. The Balaban J connectivity index is 1.56. The van der Waals surface area contributed by atoms with Crippen LogP contribution in [0.2, 0.25) is 0 Å². The van der Waals surface area contributed by atoms with Gasteiger partial charge in [0, 0.05) is 0 Å². The van der Waals surface area contributed by atoms with Gasteiger partial charge in [-0.15, -0.1) is 0 Å². The molecule has 3 aromatic carbocycles. The molecule has 1 aromatic heterocycles. The van der Waals surface area contributed by atoms with Crippen LogP contribution in [0.1, 0.15) is 28.6 Å². The average molecular weight is 423 g/mol. The number of hydrogen-bond acceptors (Lipinski definition) is 2. The molecule has 0 saturated heterocycles. The number of halogens is 3. The molecule has 0 bridgehead atoms. The first-order valence-electron chi connectivity index (χ1n) is 9.82. The van der Waals surface area contributed by atoms with Gasteiger partial charge in [-0.1, -0.05) is 60.7 Å². The van der Waals surface area contributed by atoms with E-state index < -0.39 is 17.8 Å². The number of aromatic amines is 1. The Morgan fingerprint density at radius 1 is 0.935 bits per heavy atom. The monoisotopic (exact) mass is 423 g/mol. The van der Waals surface area contributed by atoms with E-state index in [2.05, 4.69) is 15.3 Å². The van der Waals surface area contributed by atoms with Crippen molar-refractivity contribution in [3.8, 4) is 0 Å². The van der Waals surface area contributed by atoms with Gasteiger partial charge in [-0.25, -0.2) is 4.98 Å². The number of fused-ring (bicyclic) bond motifs is 1. The molecular weight excluding hydrogens is 403 g/mol. The van der Waals surface area contributed by atoms with Crippen molar-refractivity contribution in [2.45, 2.75) is 25.1 Å². The molecule has 0 aliphatic rings. The first kappa shape index (κ1) is 20.7. The zero-order valence-corrected chi connectivity index (χ0v) is 16.5. The SMILES string of the molecule is O=C(Cc1cccc(C(F)(F)F)c1)N[C@@H](Cc1ccccc1)c1nc2ccccc2[nH]1. The van der Waals surface area contributed by atoms with Crippen molar-refractivity contribution in [1.82, 2.24) is 15.3 Å². The maximum Gasteiger partial charge on any atom is 0.416 e. The van der Waals surface area contributed by atoms with E-state index in [-0.39, 0.29) is 12.3 Å². The molecule has 158 valence electrons. The van der Waals surface area contributed by atoms with Crippen LogP contribution in [0, 0.1) is 0 Å². The quantitative estimate of drug-likeness (QED) is 0.447. The lowest BCUT2D eigenvalue weighted by molar-refractivity contribution is -0.137. The minimum absolute atomic E-state index is 0.157. The highest BCUT2D eigenvalue weighted by Gasteiger charge is 2.30. The summed E-state index contributed by atoms with van der Waals surface area (Å²) in [5.41, 5.74) is 2.17. The first-order valence-corrected chi connectivity index (χ1v) is 9.82. The molecule has 31 heavy (non-hydrogen) atoms. The van der Waals surface area contributed by atoms with Crippen molar-refractivity contribution < 1.29 is 18.0 Å². The molecule has 0 fully saturated rings. The lowest BCUT2D eigenvalue weighted by atomic mass is 10.0. The molecular formula is C24H20F3N3O. The third-order valence-corrected chi connectivity index (χ3v) is 4.97. The number of nitrogens with one attached hydrogen (secondary N) is 2. The summed E-state index contributed by atoms with van der Waals surface area (Å²) in [7, 11) is 0. The van der Waals surface area contributed by atoms with Gasteiger partial charge in [0.05, 0.1) is 29.1 Å². The summed E-state index contributed by atoms with van der Waals surface area (Å²) >= 11 is 0. The number of carbonyl (C=O) groups excluding carboxylic acids is 1. The highest BCUT2D eigenvalue weighted by atomic mass is 19.4. The van der Waals surface area contributed by atoms with Crippen LogP contribution in [-0.2, 0) is 23.8 Å². The highest BCUT2D eigenvalue weighted by Crippen LogP contribution is 2.29. The van der Waals surface area contributed by atoms with E-state index in [9.17, 15) is 18.0 Å². The third kappa shape index (κ3) is 5.12. The molecule has 0 radical (unpaired) electrons. The highest BCUT2D eigenvalue weighted by molar-refractivity contribution is 5.79. The van der Waals surface area contributed by atoms with Gasteiger partial charge in [-0.05, 0) is 35.7 Å². The van der Waals surface area contributed by atoms with Crippen LogP contribution >= 0.6 is 0 Å². The van der Waals surface area contributed by atoms with Gasteiger partial charge in [0.2, 0.25) is 5.91 Å². The van der Waals surface area contributed by atoms with E-state index in [0.717, 1.165) is 28.7 Å². The molecule has 4 nitrogen and oxygen atoms in total. The molecule has 0 spiro atoms. The molecule has 0 unspecified atom stereocenters. The molecule has 7 heteroatoms. The van der Waals surface area contributed by atoms with Gasteiger partial charge in [-0.2, -0.15) is 13.2 Å². The summed E-state index contributed by atoms with van der Waals surface area (Å²) in [5, 5.41) is 2.94. The summed E-state index contributed by atoms with van der Waals surface area (Å²) in [5.74, 6) is 0.225. The van der Waals surface area contributed by atoms with E-state index in [0.29, 0.717) is 17.8 Å². The molecule has 0 aliphatic carbocycles. The zero-order valence-electron chi connectivity index (χ0n) is 16.5.